The number of carbonyl (C=O) groups excluding carboxylic acids is 3. The van der Waals surface area contributed by atoms with Crippen molar-refractivity contribution in [2.45, 2.75) is 82.5 Å². The molecule has 0 atom stereocenters. The molecule has 0 radical (unpaired) electrons. The fourth-order valence-corrected chi connectivity index (χ4v) is 7.61. The number of carbonyl (C=O) groups is 3. The molecular weight excluding hydrogens is 565 g/mol. The summed E-state index contributed by atoms with van der Waals surface area (Å²) in [5.41, 5.74) is 1.73. The highest BCUT2D eigenvalue weighted by molar-refractivity contribution is 7.99. The zero-order valence-corrected chi connectivity index (χ0v) is 24.7. The Hall–Kier alpha value is -3.25. The Morgan fingerprint density at radius 3 is 2.71 bits per heavy atom. The van der Waals surface area contributed by atoms with Crippen LogP contribution in [-0.2, 0) is 28.9 Å². The van der Waals surface area contributed by atoms with E-state index in [1.165, 1.54) is 47.7 Å². The molecule has 0 spiro atoms. The number of amides is 2. The van der Waals surface area contributed by atoms with Crippen molar-refractivity contribution in [3.63, 3.8) is 0 Å². The van der Waals surface area contributed by atoms with Crippen LogP contribution in [0.2, 0.25) is 0 Å². The number of fused-ring (bicyclic) bond motifs is 1. The molecule has 1 aromatic carbocycles. The van der Waals surface area contributed by atoms with E-state index in [0.717, 1.165) is 61.8 Å². The molecule has 218 valence electrons. The van der Waals surface area contributed by atoms with E-state index in [-0.39, 0.29) is 36.4 Å². The van der Waals surface area contributed by atoms with Crippen molar-refractivity contribution in [1.82, 2.24) is 20.1 Å². The Morgan fingerprint density at radius 2 is 1.93 bits per heavy atom. The molecule has 2 N–H and O–H groups in total. The van der Waals surface area contributed by atoms with Crippen LogP contribution in [0.4, 0.5) is 9.39 Å². The molecule has 12 heteroatoms. The van der Waals surface area contributed by atoms with Crippen molar-refractivity contribution >= 4 is 45.9 Å². The first-order valence-corrected chi connectivity index (χ1v) is 16.0. The minimum Gasteiger partial charge on any atom is -0.462 e. The summed E-state index contributed by atoms with van der Waals surface area (Å²) in [6, 6.07) is 5.71. The summed E-state index contributed by atoms with van der Waals surface area (Å²) < 4.78 is 20.9. The first kappa shape index (κ1) is 29.2. The van der Waals surface area contributed by atoms with Gasteiger partial charge in [-0.25, -0.2) is 9.18 Å². The lowest BCUT2D eigenvalue weighted by Gasteiger charge is -2.25. The summed E-state index contributed by atoms with van der Waals surface area (Å²) in [5.74, 6) is -0.815. The second-order valence-electron chi connectivity index (χ2n) is 10.2. The van der Waals surface area contributed by atoms with Gasteiger partial charge in [-0.1, -0.05) is 37.1 Å². The fourth-order valence-electron chi connectivity index (χ4n) is 5.49. The number of nitrogens with zero attached hydrogens (tertiary/aromatic N) is 3. The molecule has 0 aliphatic heterocycles. The summed E-state index contributed by atoms with van der Waals surface area (Å²) in [6.07, 6.45) is 9.07. The van der Waals surface area contributed by atoms with Gasteiger partial charge in [-0.15, -0.1) is 21.5 Å². The number of halogens is 1. The summed E-state index contributed by atoms with van der Waals surface area (Å²) >= 11 is 2.75. The topological polar surface area (TPSA) is 115 Å². The Bertz CT molecular complexity index is 1420. The molecule has 1 saturated carbocycles. The third-order valence-corrected chi connectivity index (χ3v) is 9.56. The van der Waals surface area contributed by atoms with E-state index < -0.39 is 17.7 Å². The van der Waals surface area contributed by atoms with Crippen LogP contribution in [0.5, 0.6) is 0 Å². The van der Waals surface area contributed by atoms with Crippen LogP contribution in [0.1, 0.15) is 94.9 Å². The van der Waals surface area contributed by atoms with Crippen molar-refractivity contribution in [2.75, 3.05) is 17.7 Å². The summed E-state index contributed by atoms with van der Waals surface area (Å²) in [4.78, 5) is 39.6. The summed E-state index contributed by atoms with van der Waals surface area (Å²) in [6.45, 7) is 2.18. The lowest BCUT2D eigenvalue weighted by atomic mass is 9.95. The molecule has 0 saturated heterocycles. The van der Waals surface area contributed by atoms with Gasteiger partial charge in [0, 0.05) is 16.5 Å². The summed E-state index contributed by atoms with van der Waals surface area (Å²) in [5, 5.41) is 15.7. The smallest absolute Gasteiger partial charge is 0.341 e. The van der Waals surface area contributed by atoms with Crippen LogP contribution in [0.3, 0.4) is 0 Å². The van der Waals surface area contributed by atoms with Crippen LogP contribution in [0, 0.1) is 5.82 Å². The van der Waals surface area contributed by atoms with Crippen LogP contribution >= 0.6 is 23.1 Å². The zero-order chi connectivity index (χ0) is 28.8. The van der Waals surface area contributed by atoms with E-state index >= 15 is 0 Å². The van der Waals surface area contributed by atoms with Gasteiger partial charge in [-0.2, -0.15) is 0 Å². The largest absolute Gasteiger partial charge is 0.462 e. The van der Waals surface area contributed by atoms with Gasteiger partial charge in [0.25, 0.3) is 5.91 Å². The third kappa shape index (κ3) is 6.98. The molecule has 1 fully saturated rings. The maximum atomic E-state index is 13.6. The number of ether oxygens (including phenoxy) is 1. The van der Waals surface area contributed by atoms with Gasteiger partial charge >= 0.3 is 5.97 Å². The second kappa shape index (κ2) is 13.6. The number of esters is 1. The number of rotatable bonds is 10. The van der Waals surface area contributed by atoms with Crippen molar-refractivity contribution in [3.05, 3.63) is 57.5 Å². The number of anilines is 1. The lowest BCUT2D eigenvalue weighted by Crippen LogP contribution is -2.26. The Balaban J connectivity index is 1.29. The van der Waals surface area contributed by atoms with Crippen molar-refractivity contribution in [3.8, 4) is 0 Å². The van der Waals surface area contributed by atoms with Crippen molar-refractivity contribution in [2.24, 2.45) is 0 Å². The van der Waals surface area contributed by atoms with Gasteiger partial charge in [0.1, 0.15) is 10.8 Å². The number of aryl methyl sites for hydroxylation is 1. The molecule has 5 rings (SSSR count). The number of benzene rings is 1. The maximum absolute atomic E-state index is 13.6. The van der Waals surface area contributed by atoms with Gasteiger partial charge in [0.2, 0.25) is 5.91 Å². The molecule has 2 aliphatic rings. The van der Waals surface area contributed by atoms with E-state index in [9.17, 15) is 18.8 Å². The first-order valence-electron chi connectivity index (χ1n) is 14.2. The predicted octanol–water partition coefficient (Wildman–Crippen LogP) is 5.70. The van der Waals surface area contributed by atoms with Crippen LogP contribution < -0.4 is 10.6 Å². The quantitative estimate of drug-likeness (QED) is 0.227. The van der Waals surface area contributed by atoms with Crippen molar-refractivity contribution < 1.29 is 23.5 Å². The van der Waals surface area contributed by atoms with E-state index in [4.69, 9.17) is 4.74 Å². The van der Waals surface area contributed by atoms with Gasteiger partial charge in [-0.3, -0.25) is 9.59 Å². The highest BCUT2D eigenvalue weighted by Crippen LogP contribution is 2.39. The Kier molecular flexibility index (Phi) is 9.71. The van der Waals surface area contributed by atoms with Gasteiger partial charge in [-0.05, 0) is 69.2 Å². The molecular formula is C29H34FN5O4S2. The van der Waals surface area contributed by atoms with Gasteiger partial charge in [0.05, 0.1) is 24.5 Å². The lowest BCUT2D eigenvalue weighted by molar-refractivity contribution is -0.113. The van der Waals surface area contributed by atoms with Crippen LogP contribution in [0.15, 0.2) is 29.4 Å². The average Bonchev–Trinajstić information content (AvgIpc) is 3.56. The average molecular weight is 600 g/mol. The van der Waals surface area contributed by atoms with Gasteiger partial charge < -0.3 is 19.9 Å². The number of nitrogens with one attached hydrogen (secondary N) is 2. The normalized spacial score (nSPS) is 15.3. The SMILES string of the molecule is CCOC(=O)c1c(NC(=O)CSc2nnc(CNC(=O)c3cccc(F)c3)n2C2CCCCC2)sc2c1CCCC2. The van der Waals surface area contributed by atoms with Crippen molar-refractivity contribution in [1.29, 1.82) is 0 Å². The Morgan fingerprint density at radius 1 is 1.12 bits per heavy atom. The number of thiophene rings is 1. The Labute approximate surface area is 246 Å². The highest BCUT2D eigenvalue weighted by Gasteiger charge is 2.28. The van der Waals surface area contributed by atoms with E-state index in [0.29, 0.717) is 21.5 Å². The first-order chi connectivity index (χ1) is 19.9. The van der Waals surface area contributed by atoms with Crippen LogP contribution in [-0.4, -0.2) is 44.9 Å². The maximum Gasteiger partial charge on any atom is 0.341 e. The van der Waals surface area contributed by atoms with E-state index in [1.54, 1.807) is 13.0 Å². The molecule has 9 nitrogen and oxygen atoms in total. The number of aromatic nitrogens is 3. The molecule has 0 unspecified atom stereocenters. The molecule has 0 bridgehead atoms. The highest BCUT2D eigenvalue weighted by atomic mass is 32.2. The molecule has 3 aromatic rings. The van der Waals surface area contributed by atoms with Crippen LogP contribution in [0.25, 0.3) is 0 Å². The minimum atomic E-state index is -0.475. The van der Waals surface area contributed by atoms with Gasteiger partial charge in [0.15, 0.2) is 11.0 Å². The third-order valence-electron chi connectivity index (χ3n) is 7.41. The predicted molar refractivity (Wildman–Crippen MR) is 156 cm³/mol. The summed E-state index contributed by atoms with van der Waals surface area (Å²) in [7, 11) is 0. The van der Waals surface area contributed by atoms with E-state index in [2.05, 4.69) is 20.8 Å². The second-order valence-corrected chi connectivity index (χ2v) is 12.3. The van der Waals surface area contributed by atoms with E-state index in [1.807, 2.05) is 4.57 Å². The zero-order valence-electron chi connectivity index (χ0n) is 23.0. The molecule has 2 aromatic heterocycles. The fraction of sp³-hybridized carbons (Fsp3) is 0.483. The standard InChI is InChI=1S/C29H34FN5O4S2/c1-2-39-28(38)25-21-13-6-7-14-22(21)41-27(25)32-24(36)17-40-29-34-33-23(35(29)20-11-4-3-5-12-20)16-31-26(37)18-9-8-10-19(30)15-18/h8-10,15,20H,2-7,11-14,16-17H2,1H3,(H,31,37)(H,32,36). The molecule has 2 aliphatic carbocycles. The molecule has 2 amide bonds. The molecule has 41 heavy (non-hydrogen) atoms. The monoisotopic (exact) mass is 599 g/mol. The molecule has 2 heterocycles. The number of hydrogen-bond donors (Lipinski definition) is 2. The number of thioether (sulfide) groups is 1. The minimum absolute atomic E-state index is 0.0886. The number of hydrogen-bond acceptors (Lipinski definition) is 8.